The maximum absolute atomic E-state index is 9.12. The molecule has 0 aliphatic rings. The minimum atomic E-state index is -0.157. The number of methoxy groups -OCH3 is 1. The highest BCUT2D eigenvalue weighted by Gasteiger charge is 2.13. The van der Waals surface area contributed by atoms with E-state index in [0.717, 1.165) is 15.8 Å². The van der Waals surface area contributed by atoms with Crippen molar-refractivity contribution in [1.82, 2.24) is 4.98 Å². The Balaban J connectivity index is 2.54. The molecule has 1 aromatic carbocycles. The Bertz CT molecular complexity index is 496. The molecule has 0 aliphatic heterocycles. The van der Waals surface area contributed by atoms with Crippen LogP contribution in [0.25, 0.3) is 11.3 Å². The van der Waals surface area contributed by atoms with Gasteiger partial charge in [0.05, 0.1) is 13.7 Å². The number of oxazole rings is 1. The smallest absolute Gasteiger partial charge is 0.181 e. The number of rotatable bonds is 3. The van der Waals surface area contributed by atoms with Crippen LogP contribution in [0.4, 0.5) is 0 Å². The summed E-state index contributed by atoms with van der Waals surface area (Å²) in [7, 11) is 1.60. The first-order valence-corrected chi connectivity index (χ1v) is 5.42. The van der Waals surface area contributed by atoms with Crippen LogP contribution in [0.5, 0.6) is 5.75 Å². The monoisotopic (exact) mass is 283 g/mol. The Morgan fingerprint density at radius 1 is 1.50 bits per heavy atom. The van der Waals surface area contributed by atoms with E-state index in [9.17, 15) is 0 Å². The number of ether oxygens (including phenoxy) is 1. The second-order valence-electron chi connectivity index (χ2n) is 3.13. The fourth-order valence-corrected chi connectivity index (χ4v) is 1.83. The van der Waals surface area contributed by atoms with Crippen molar-refractivity contribution in [3.8, 4) is 17.1 Å². The maximum atomic E-state index is 9.12. The van der Waals surface area contributed by atoms with Crippen molar-refractivity contribution in [2.75, 3.05) is 7.11 Å². The van der Waals surface area contributed by atoms with Gasteiger partial charge in [-0.3, -0.25) is 0 Å². The van der Waals surface area contributed by atoms with Crippen LogP contribution >= 0.6 is 15.9 Å². The van der Waals surface area contributed by atoms with Crippen LogP contribution in [0.15, 0.2) is 33.5 Å². The van der Waals surface area contributed by atoms with Gasteiger partial charge in [0.1, 0.15) is 11.4 Å². The van der Waals surface area contributed by atoms with Crippen molar-refractivity contribution in [3.05, 3.63) is 34.8 Å². The molecule has 0 bridgehead atoms. The molecule has 1 heterocycles. The van der Waals surface area contributed by atoms with Crippen LogP contribution < -0.4 is 4.74 Å². The lowest BCUT2D eigenvalue weighted by Crippen LogP contribution is -1.89. The van der Waals surface area contributed by atoms with Crippen LogP contribution in [0, 0.1) is 0 Å². The first kappa shape index (κ1) is 11.2. The summed E-state index contributed by atoms with van der Waals surface area (Å²) in [6.45, 7) is -0.157. The standard InChI is InChI=1S/C11H10BrNO3/c1-15-7-2-3-9(12)8(4-7)11-10(5-14)13-6-16-11/h2-4,6,14H,5H2,1H3. The number of benzene rings is 1. The molecule has 0 radical (unpaired) electrons. The topological polar surface area (TPSA) is 55.5 Å². The SMILES string of the molecule is COc1ccc(Br)c(-c2ocnc2CO)c1. The van der Waals surface area contributed by atoms with Crippen molar-refractivity contribution >= 4 is 15.9 Å². The number of aliphatic hydroxyl groups is 1. The van der Waals surface area contributed by atoms with Crippen molar-refractivity contribution < 1.29 is 14.3 Å². The minimum Gasteiger partial charge on any atom is -0.497 e. The molecular weight excluding hydrogens is 274 g/mol. The minimum absolute atomic E-state index is 0.157. The van der Waals surface area contributed by atoms with E-state index in [0.29, 0.717) is 11.5 Å². The molecular formula is C11H10BrNO3. The molecule has 0 amide bonds. The first-order chi connectivity index (χ1) is 7.76. The highest BCUT2D eigenvalue weighted by atomic mass is 79.9. The molecule has 0 unspecified atom stereocenters. The molecule has 4 nitrogen and oxygen atoms in total. The number of hydrogen-bond donors (Lipinski definition) is 1. The molecule has 1 aromatic heterocycles. The summed E-state index contributed by atoms with van der Waals surface area (Å²) in [5.41, 5.74) is 1.31. The zero-order valence-corrected chi connectivity index (χ0v) is 10.2. The van der Waals surface area contributed by atoms with Gasteiger partial charge in [0.15, 0.2) is 12.2 Å². The molecule has 5 heteroatoms. The van der Waals surface area contributed by atoms with E-state index < -0.39 is 0 Å². The third kappa shape index (κ3) is 1.96. The Hall–Kier alpha value is -1.33. The van der Waals surface area contributed by atoms with Gasteiger partial charge in [-0.1, -0.05) is 15.9 Å². The number of nitrogens with zero attached hydrogens (tertiary/aromatic N) is 1. The van der Waals surface area contributed by atoms with Crippen LogP contribution in [0.3, 0.4) is 0 Å². The summed E-state index contributed by atoms with van der Waals surface area (Å²) in [6.07, 6.45) is 1.31. The van der Waals surface area contributed by atoms with Crippen molar-refractivity contribution in [2.45, 2.75) is 6.61 Å². The highest BCUT2D eigenvalue weighted by Crippen LogP contribution is 2.33. The molecule has 0 saturated carbocycles. The van der Waals surface area contributed by atoms with Crippen LogP contribution in [-0.2, 0) is 6.61 Å². The summed E-state index contributed by atoms with van der Waals surface area (Å²) in [5, 5.41) is 9.12. The van der Waals surface area contributed by atoms with Gasteiger partial charge in [0.25, 0.3) is 0 Å². The maximum Gasteiger partial charge on any atom is 0.181 e. The highest BCUT2D eigenvalue weighted by molar-refractivity contribution is 9.10. The van der Waals surface area contributed by atoms with E-state index in [4.69, 9.17) is 14.3 Å². The van der Waals surface area contributed by atoms with E-state index in [1.165, 1.54) is 6.39 Å². The third-order valence-corrected chi connectivity index (χ3v) is 2.90. The average molecular weight is 284 g/mol. The van der Waals surface area contributed by atoms with Crippen molar-refractivity contribution in [2.24, 2.45) is 0 Å². The van der Waals surface area contributed by atoms with Gasteiger partial charge in [-0.15, -0.1) is 0 Å². The molecule has 0 atom stereocenters. The van der Waals surface area contributed by atoms with Gasteiger partial charge in [-0.25, -0.2) is 4.98 Å². The zero-order valence-electron chi connectivity index (χ0n) is 8.61. The van der Waals surface area contributed by atoms with Crippen LogP contribution in [-0.4, -0.2) is 17.2 Å². The van der Waals surface area contributed by atoms with Crippen molar-refractivity contribution in [3.63, 3.8) is 0 Å². The van der Waals surface area contributed by atoms with Gasteiger partial charge in [0.2, 0.25) is 0 Å². The molecule has 0 aliphatic carbocycles. The average Bonchev–Trinajstić information content (AvgIpc) is 2.77. The van der Waals surface area contributed by atoms with Crippen LogP contribution in [0.2, 0.25) is 0 Å². The second kappa shape index (κ2) is 4.67. The van der Waals surface area contributed by atoms with E-state index in [-0.39, 0.29) is 6.61 Å². The summed E-state index contributed by atoms with van der Waals surface area (Å²) < 4.78 is 11.3. The molecule has 2 rings (SSSR count). The van der Waals surface area contributed by atoms with E-state index in [1.54, 1.807) is 7.11 Å². The normalized spacial score (nSPS) is 10.4. The number of aromatic nitrogens is 1. The van der Waals surface area contributed by atoms with Gasteiger partial charge < -0.3 is 14.3 Å². The number of aliphatic hydroxyl groups excluding tert-OH is 1. The predicted octanol–water partition coefficient (Wildman–Crippen LogP) is 2.61. The molecule has 1 N–H and O–H groups in total. The first-order valence-electron chi connectivity index (χ1n) is 4.63. The van der Waals surface area contributed by atoms with Crippen molar-refractivity contribution in [1.29, 1.82) is 0 Å². The number of hydrogen-bond acceptors (Lipinski definition) is 4. The third-order valence-electron chi connectivity index (χ3n) is 2.21. The number of halogens is 1. The van der Waals surface area contributed by atoms with Gasteiger partial charge >= 0.3 is 0 Å². The summed E-state index contributed by atoms with van der Waals surface area (Å²) in [4.78, 5) is 3.93. The summed E-state index contributed by atoms with van der Waals surface area (Å²) in [5.74, 6) is 1.27. The Morgan fingerprint density at radius 3 is 3.00 bits per heavy atom. The largest absolute Gasteiger partial charge is 0.497 e. The van der Waals surface area contributed by atoms with E-state index in [1.807, 2.05) is 18.2 Å². The Morgan fingerprint density at radius 2 is 2.31 bits per heavy atom. The van der Waals surface area contributed by atoms with E-state index >= 15 is 0 Å². The predicted molar refractivity (Wildman–Crippen MR) is 62.1 cm³/mol. The fourth-order valence-electron chi connectivity index (χ4n) is 1.41. The Labute approximate surface area is 101 Å². The quantitative estimate of drug-likeness (QED) is 0.941. The molecule has 16 heavy (non-hydrogen) atoms. The Kier molecular flexibility index (Phi) is 3.26. The zero-order chi connectivity index (χ0) is 11.5. The lowest BCUT2D eigenvalue weighted by atomic mass is 10.1. The fraction of sp³-hybridized carbons (Fsp3) is 0.182. The lowest BCUT2D eigenvalue weighted by Gasteiger charge is -2.05. The van der Waals surface area contributed by atoms with Gasteiger partial charge in [0, 0.05) is 10.0 Å². The molecule has 0 saturated heterocycles. The molecule has 0 fully saturated rings. The van der Waals surface area contributed by atoms with E-state index in [2.05, 4.69) is 20.9 Å². The van der Waals surface area contributed by atoms with Gasteiger partial charge in [-0.05, 0) is 18.2 Å². The molecule has 84 valence electrons. The summed E-state index contributed by atoms with van der Waals surface area (Å²) in [6, 6.07) is 5.52. The molecule has 2 aromatic rings. The molecule has 0 spiro atoms. The summed E-state index contributed by atoms with van der Waals surface area (Å²) >= 11 is 3.42. The second-order valence-corrected chi connectivity index (χ2v) is 3.99. The van der Waals surface area contributed by atoms with Gasteiger partial charge in [-0.2, -0.15) is 0 Å². The van der Waals surface area contributed by atoms with Crippen LogP contribution in [0.1, 0.15) is 5.69 Å². The lowest BCUT2D eigenvalue weighted by molar-refractivity contribution is 0.277.